The largest absolute Gasteiger partial charge is 0.376 e. The van der Waals surface area contributed by atoms with Crippen molar-refractivity contribution in [1.82, 2.24) is 15.0 Å². The van der Waals surface area contributed by atoms with Crippen LogP contribution in [-0.4, -0.2) is 46.5 Å². The molecular weight excluding hydrogens is 424 g/mol. The molecule has 1 fully saturated rings. The molecule has 2 amide bonds. The van der Waals surface area contributed by atoms with Gasteiger partial charge in [0.2, 0.25) is 5.91 Å². The quantitative estimate of drug-likeness (QED) is 0.428. The maximum Gasteiger partial charge on any atom is 0.291 e. The molecule has 0 saturated carbocycles. The maximum atomic E-state index is 12.9. The molecule has 8 nitrogen and oxygen atoms in total. The number of nitrogens with one attached hydrogen (secondary N) is 2. The lowest BCUT2D eigenvalue weighted by molar-refractivity contribution is -0.119. The van der Waals surface area contributed by atoms with E-state index >= 15 is 0 Å². The second kappa shape index (κ2) is 9.41. The first-order valence-electron chi connectivity index (χ1n) is 9.49. The Kier molecular flexibility index (Phi) is 6.46. The van der Waals surface area contributed by atoms with Crippen molar-refractivity contribution in [3.05, 3.63) is 57.7 Å². The first kappa shape index (κ1) is 20.6. The fraction of sp³-hybridized carbons (Fsp3) is 0.300. The van der Waals surface area contributed by atoms with Gasteiger partial charge in [0.25, 0.3) is 11.5 Å². The summed E-state index contributed by atoms with van der Waals surface area (Å²) in [5, 5.41) is 4.86. The van der Waals surface area contributed by atoms with Crippen LogP contribution in [0.15, 0.2) is 51.7 Å². The minimum atomic E-state index is -0.430. The number of fused-ring (bicyclic) bond motifs is 1. The Bertz CT molecular complexity index is 1110. The molecule has 3 aromatic rings. The van der Waals surface area contributed by atoms with E-state index in [9.17, 15) is 14.4 Å². The summed E-state index contributed by atoms with van der Waals surface area (Å²) in [5.74, 6) is -0.549. The van der Waals surface area contributed by atoms with E-state index in [2.05, 4.69) is 15.7 Å². The zero-order chi connectivity index (χ0) is 20.9. The molecule has 4 rings (SSSR count). The highest BCUT2D eigenvalue weighted by atomic mass is 32.2. The van der Waals surface area contributed by atoms with Crippen LogP contribution in [0.1, 0.15) is 23.2 Å². The molecule has 0 bridgehead atoms. The van der Waals surface area contributed by atoms with E-state index in [0.717, 1.165) is 35.9 Å². The van der Waals surface area contributed by atoms with Gasteiger partial charge in [0.05, 0.1) is 17.4 Å². The molecular formula is C20H20N4O4S2. The van der Waals surface area contributed by atoms with Gasteiger partial charge >= 0.3 is 0 Å². The summed E-state index contributed by atoms with van der Waals surface area (Å²) in [6, 6.07) is 10.3. The molecule has 1 saturated heterocycles. The lowest BCUT2D eigenvalue weighted by Gasteiger charge is -2.14. The Hall–Kier alpha value is -2.69. The average Bonchev–Trinajstić information content (AvgIpc) is 3.45. The molecule has 30 heavy (non-hydrogen) atoms. The first-order valence-corrected chi connectivity index (χ1v) is 11.4. The SMILES string of the molecule is O=C(CSc1nc2ccsc2c(=O)n1NC(=O)c1ccccc1)NC[C@H]1CCCO1. The summed E-state index contributed by atoms with van der Waals surface area (Å²) in [5.41, 5.74) is 3.20. The summed E-state index contributed by atoms with van der Waals surface area (Å²) in [7, 11) is 0. The van der Waals surface area contributed by atoms with E-state index < -0.39 is 5.91 Å². The van der Waals surface area contributed by atoms with Gasteiger partial charge in [-0.2, -0.15) is 4.68 Å². The molecule has 0 radical (unpaired) electrons. The van der Waals surface area contributed by atoms with Gasteiger partial charge in [-0.3, -0.25) is 19.8 Å². The van der Waals surface area contributed by atoms with Crippen LogP contribution in [0.25, 0.3) is 10.2 Å². The first-order chi connectivity index (χ1) is 14.6. The van der Waals surface area contributed by atoms with Crippen molar-refractivity contribution in [3.8, 4) is 0 Å². The van der Waals surface area contributed by atoms with Crippen LogP contribution in [0.2, 0.25) is 0 Å². The molecule has 2 N–H and O–H groups in total. The minimum Gasteiger partial charge on any atom is -0.376 e. The molecule has 3 heterocycles. The van der Waals surface area contributed by atoms with Crippen LogP contribution in [0, 0.1) is 0 Å². The van der Waals surface area contributed by atoms with E-state index in [1.807, 2.05) is 0 Å². The number of benzene rings is 1. The Balaban J connectivity index is 1.51. The molecule has 1 atom stereocenters. The summed E-state index contributed by atoms with van der Waals surface area (Å²) in [6.07, 6.45) is 2.00. The monoisotopic (exact) mass is 444 g/mol. The second-order valence-electron chi connectivity index (χ2n) is 6.70. The Morgan fingerprint density at radius 3 is 2.87 bits per heavy atom. The maximum absolute atomic E-state index is 12.9. The molecule has 1 aliphatic heterocycles. The number of thiophene rings is 1. The van der Waals surface area contributed by atoms with Gasteiger partial charge in [-0.05, 0) is 36.4 Å². The van der Waals surface area contributed by atoms with Crippen molar-refractivity contribution >= 4 is 45.1 Å². The molecule has 10 heteroatoms. The standard InChI is InChI=1S/C20H20N4O4S2/c25-16(21-11-14-7-4-9-28-14)12-30-20-22-15-8-10-29-17(15)19(27)24(20)23-18(26)13-5-2-1-3-6-13/h1-3,5-6,8,10,14H,4,7,9,11-12H2,(H,21,25)(H,23,26)/t14-/m1/s1. The fourth-order valence-corrected chi connectivity index (χ4v) is 4.60. The van der Waals surface area contributed by atoms with Crippen molar-refractivity contribution in [2.45, 2.75) is 24.1 Å². The van der Waals surface area contributed by atoms with E-state index in [0.29, 0.717) is 22.3 Å². The number of nitrogens with zero attached hydrogens (tertiary/aromatic N) is 2. The van der Waals surface area contributed by atoms with Crippen LogP contribution in [0.4, 0.5) is 0 Å². The minimum absolute atomic E-state index is 0.0579. The van der Waals surface area contributed by atoms with Crippen LogP contribution >= 0.6 is 23.1 Å². The van der Waals surface area contributed by atoms with Gasteiger partial charge in [0.1, 0.15) is 4.70 Å². The number of carbonyl (C=O) groups is 2. The number of carbonyl (C=O) groups excluding carboxylic acids is 2. The van der Waals surface area contributed by atoms with Gasteiger partial charge in [-0.15, -0.1) is 11.3 Å². The van der Waals surface area contributed by atoms with Crippen LogP contribution in [0.5, 0.6) is 0 Å². The van der Waals surface area contributed by atoms with Gasteiger partial charge in [0.15, 0.2) is 5.16 Å². The lowest BCUT2D eigenvalue weighted by Crippen LogP contribution is -2.36. The number of ether oxygens (including phenoxy) is 1. The molecule has 1 aliphatic rings. The van der Waals surface area contributed by atoms with Crippen molar-refractivity contribution < 1.29 is 14.3 Å². The van der Waals surface area contributed by atoms with Crippen LogP contribution in [0.3, 0.4) is 0 Å². The average molecular weight is 445 g/mol. The van der Waals surface area contributed by atoms with Crippen molar-refractivity contribution in [2.24, 2.45) is 0 Å². The van der Waals surface area contributed by atoms with E-state index in [1.165, 1.54) is 11.3 Å². The van der Waals surface area contributed by atoms with E-state index in [1.54, 1.807) is 41.8 Å². The summed E-state index contributed by atoms with van der Waals surface area (Å²) in [6.45, 7) is 1.20. The molecule has 0 aliphatic carbocycles. The molecule has 0 spiro atoms. The van der Waals surface area contributed by atoms with E-state index in [4.69, 9.17) is 4.74 Å². The zero-order valence-electron chi connectivity index (χ0n) is 16.0. The number of hydrogen-bond donors (Lipinski definition) is 2. The predicted molar refractivity (Wildman–Crippen MR) is 117 cm³/mol. The highest BCUT2D eigenvalue weighted by Gasteiger charge is 2.19. The number of amides is 2. The molecule has 2 aromatic heterocycles. The molecule has 156 valence electrons. The van der Waals surface area contributed by atoms with Gasteiger partial charge in [0, 0.05) is 18.7 Å². The normalized spacial score (nSPS) is 15.9. The zero-order valence-corrected chi connectivity index (χ0v) is 17.6. The van der Waals surface area contributed by atoms with E-state index in [-0.39, 0.29) is 28.5 Å². The molecule has 1 aromatic carbocycles. The summed E-state index contributed by atoms with van der Waals surface area (Å²) >= 11 is 2.35. The topological polar surface area (TPSA) is 102 Å². The predicted octanol–water partition coefficient (Wildman–Crippen LogP) is 2.23. The number of rotatable bonds is 7. The van der Waals surface area contributed by atoms with Gasteiger partial charge < -0.3 is 10.1 Å². The smallest absolute Gasteiger partial charge is 0.291 e. The van der Waals surface area contributed by atoms with Crippen molar-refractivity contribution in [2.75, 3.05) is 24.3 Å². The Labute approximate surface area is 180 Å². The fourth-order valence-electron chi connectivity index (χ4n) is 3.06. The molecule has 0 unspecified atom stereocenters. The van der Waals surface area contributed by atoms with Gasteiger partial charge in [-0.1, -0.05) is 30.0 Å². The third-order valence-corrected chi connectivity index (χ3v) is 6.41. The second-order valence-corrected chi connectivity index (χ2v) is 8.56. The third-order valence-electron chi connectivity index (χ3n) is 4.58. The van der Waals surface area contributed by atoms with Crippen LogP contribution in [-0.2, 0) is 9.53 Å². The lowest BCUT2D eigenvalue weighted by atomic mass is 10.2. The highest BCUT2D eigenvalue weighted by molar-refractivity contribution is 7.99. The van der Waals surface area contributed by atoms with Crippen molar-refractivity contribution in [3.63, 3.8) is 0 Å². The Morgan fingerprint density at radius 2 is 2.10 bits per heavy atom. The third kappa shape index (κ3) is 4.72. The number of thioether (sulfide) groups is 1. The van der Waals surface area contributed by atoms with Crippen LogP contribution < -0.4 is 16.3 Å². The van der Waals surface area contributed by atoms with Crippen molar-refractivity contribution in [1.29, 1.82) is 0 Å². The van der Waals surface area contributed by atoms with Gasteiger partial charge in [-0.25, -0.2) is 4.98 Å². The summed E-state index contributed by atoms with van der Waals surface area (Å²) in [4.78, 5) is 42.2. The Morgan fingerprint density at radius 1 is 1.27 bits per heavy atom. The highest BCUT2D eigenvalue weighted by Crippen LogP contribution is 2.20. The number of aromatic nitrogens is 2. The number of hydrogen-bond acceptors (Lipinski definition) is 7. The summed E-state index contributed by atoms with van der Waals surface area (Å²) < 4.78 is 7.06.